The lowest BCUT2D eigenvalue weighted by molar-refractivity contribution is -0.119. The molecule has 1 aliphatic heterocycles. The van der Waals surface area contributed by atoms with Crippen LogP contribution in [-0.4, -0.2) is 38.1 Å². The summed E-state index contributed by atoms with van der Waals surface area (Å²) in [6.45, 7) is 3.09. The zero-order valence-corrected chi connectivity index (χ0v) is 11.8. The standard InChI is InChI=1S/C12H17N3O3S/c1-7(16)14-8-3-4-15(6-8)10-5-9(13)11(19-10)12(17)18-2/h5,8H,3-4,6,13H2,1-2H3,(H,14,16). The van der Waals surface area contributed by atoms with E-state index >= 15 is 0 Å². The highest BCUT2D eigenvalue weighted by atomic mass is 32.1. The predicted octanol–water partition coefficient (Wildman–Crippen LogP) is 0.832. The molecule has 0 aromatic carbocycles. The van der Waals surface area contributed by atoms with Crippen LogP contribution in [-0.2, 0) is 9.53 Å². The van der Waals surface area contributed by atoms with E-state index in [1.54, 1.807) is 6.07 Å². The Kier molecular flexibility index (Phi) is 3.94. The lowest BCUT2D eigenvalue weighted by Gasteiger charge is -2.16. The molecule has 1 amide bonds. The number of nitrogens with two attached hydrogens (primary N) is 1. The third-order valence-electron chi connectivity index (χ3n) is 3.03. The van der Waals surface area contributed by atoms with Crippen molar-refractivity contribution >= 4 is 33.9 Å². The van der Waals surface area contributed by atoms with E-state index in [1.807, 2.05) is 0 Å². The second kappa shape index (κ2) is 5.48. The molecule has 3 N–H and O–H groups in total. The highest BCUT2D eigenvalue weighted by Gasteiger charge is 2.26. The maximum atomic E-state index is 11.5. The summed E-state index contributed by atoms with van der Waals surface area (Å²) < 4.78 is 4.68. The maximum absolute atomic E-state index is 11.5. The number of carbonyl (C=O) groups is 2. The van der Waals surface area contributed by atoms with Gasteiger partial charge in [0.25, 0.3) is 0 Å². The average Bonchev–Trinajstić information content (AvgIpc) is 2.94. The van der Waals surface area contributed by atoms with Crippen LogP contribution in [0.1, 0.15) is 23.0 Å². The van der Waals surface area contributed by atoms with Crippen molar-refractivity contribution in [3.05, 3.63) is 10.9 Å². The minimum absolute atomic E-state index is 0.0206. The molecule has 1 unspecified atom stereocenters. The van der Waals surface area contributed by atoms with Crippen molar-refractivity contribution in [1.82, 2.24) is 5.32 Å². The first kappa shape index (κ1) is 13.7. The molecule has 0 radical (unpaired) electrons. The zero-order chi connectivity index (χ0) is 14.0. The van der Waals surface area contributed by atoms with E-state index in [-0.39, 0.29) is 11.9 Å². The van der Waals surface area contributed by atoms with E-state index in [0.29, 0.717) is 10.6 Å². The fraction of sp³-hybridized carbons (Fsp3) is 0.500. The SMILES string of the molecule is COC(=O)c1sc(N2CCC(NC(C)=O)C2)cc1N. The number of hydrogen-bond acceptors (Lipinski definition) is 6. The van der Waals surface area contributed by atoms with Gasteiger partial charge in [-0.2, -0.15) is 0 Å². The highest BCUT2D eigenvalue weighted by Crippen LogP contribution is 2.34. The number of carbonyl (C=O) groups excluding carboxylic acids is 2. The number of esters is 1. The summed E-state index contributed by atoms with van der Waals surface area (Å²) >= 11 is 1.32. The summed E-state index contributed by atoms with van der Waals surface area (Å²) in [5.41, 5.74) is 6.25. The Morgan fingerprint density at radius 2 is 2.32 bits per heavy atom. The van der Waals surface area contributed by atoms with Gasteiger partial charge in [-0.15, -0.1) is 11.3 Å². The second-order valence-electron chi connectivity index (χ2n) is 4.49. The van der Waals surface area contributed by atoms with Gasteiger partial charge in [-0.3, -0.25) is 4.79 Å². The number of anilines is 2. The Hall–Kier alpha value is -1.76. The number of ether oxygens (including phenoxy) is 1. The van der Waals surface area contributed by atoms with E-state index in [2.05, 4.69) is 15.0 Å². The average molecular weight is 283 g/mol. The fourth-order valence-corrected chi connectivity index (χ4v) is 3.20. The van der Waals surface area contributed by atoms with Crippen LogP contribution in [0.15, 0.2) is 6.07 Å². The Labute approximate surface area is 115 Å². The van der Waals surface area contributed by atoms with Gasteiger partial charge in [-0.05, 0) is 12.5 Å². The van der Waals surface area contributed by atoms with Crippen molar-refractivity contribution in [3.63, 3.8) is 0 Å². The van der Waals surface area contributed by atoms with E-state index in [4.69, 9.17) is 5.73 Å². The Bertz CT molecular complexity index is 500. The molecule has 1 atom stereocenters. The minimum Gasteiger partial charge on any atom is -0.465 e. The first-order valence-electron chi connectivity index (χ1n) is 6.01. The van der Waals surface area contributed by atoms with Crippen molar-refractivity contribution in [1.29, 1.82) is 0 Å². The Morgan fingerprint density at radius 1 is 1.58 bits per heavy atom. The van der Waals surface area contributed by atoms with Crippen LogP contribution in [0.5, 0.6) is 0 Å². The summed E-state index contributed by atoms with van der Waals surface area (Å²) in [4.78, 5) is 25.1. The molecule has 19 heavy (non-hydrogen) atoms. The van der Waals surface area contributed by atoms with Crippen molar-refractivity contribution in [3.8, 4) is 0 Å². The van der Waals surface area contributed by atoms with Crippen LogP contribution in [0, 0.1) is 0 Å². The Balaban J connectivity index is 2.07. The van der Waals surface area contributed by atoms with E-state index in [0.717, 1.165) is 24.5 Å². The molecule has 7 heteroatoms. The number of rotatable bonds is 3. The second-order valence-corrected chi connectivity index (χ2v) is 5.52. The van der Waals surface area contributed by atoms with Gasteiger partial charge in [0.05, 0.1) is 17.8 Å². The molecule has 1 aromatic heterocycles. The number of nitrogens with zero attached hydrogens (tertiary/aromatic N) is 1. The van der Waals surface area contributed by atoms with Crippen LogP contribution < -0.4 is 16.0 Å². The van der Waals surface area contributed by atoms with Crippen LogP contribution in [0.4, 0.5) is 10.7 Å². The predicted molar refractivity (Wildman–Crippen MR) is 74.5 cm³/mol. The summed E-state index contributed by atoms with van der Waals surface area (Å²) in [5.74, 6) is -0.431. The first-order valence-corrected chi connectivity index (χ1v) is 6.82. The molecule has 1 saturated heterocycles. The lowest BCUT2D eigenvalue weighted by atomic mass is 10.3. The minimum atomic E-state index is -0.411. The van der Waals surface area contributed by atoms with Gasteiger partial charge < -0.3 is 20.7 Å². The van der Waals surface area contributed by atoms with Crippen molar-refractivity contribution in [2.45, 2.75) is 19.4 Å². The van der Waals surface area contributed by atoms with Crippen molar-refractivity contribution in [2.75, 3.05) is 30.8 Å². The third-order valence-corrected chi connectivity index (χ3v) is 4.22. The van der Waals surface area contributed by atoms with Gasteiger partial charge in [-0.1, -0.05) is 0 Å². The number of amides is 1. The van der Waals surface area contributed by atoms with Crippen molar-refractivity contribution < 1.29 is 14.3 Å². The van der Waals surface area contributed by atoms with E-state index in [1.165, 1.54) is 25.4 Å². The third kappa shape index (κ3) is 2.98. The van der Waals surface area contributed by atoms with E-state index in [9.17, 15) is 9.59 Å². The molecule has 0 bridgehead atoms. The van der Waals surface area contributed by atoms with Gasteiger partial charge in [0.15, 0.2) is 0 Å². The highest BCUT2D eigenvalue weighted by molar-refractivity contribution is 7.18. The normalized spacial score (nSPS) is 18.4. The topological polar surface area (TPSA) is 84.7 Å². The molecule has 6 nitrogen and oxygen atoms in total. The number of thiophene rings is 1. The van der Waals surface area contributed by atoms with Crippen LogP contribution in [0.2, 0.25) is 0 Å². The molecule has 2 rings (SSSR count). The summed E-state index contributed by atoms with van der Waals surface area (Å²) in [5, 5.41) is 3.83. The van der Waals surface area contributed by atoms with Gasteiger partial charge >= 0.3 is 5.97 Å². The van der Waals surface area contributed by atoms with Gasteiger partial charge in [0, 0.05) is 26.1 Å². The van der Waals surface area contributed by atoms with Gasteiger partial charge in [-0.25, -0.2) is 4.79 Å². The van der Waals surface area contributed by atoms with Crippen molar-refractivity contribution in [2.24, 2.45) is 0 Å². The van der Waals surface area contributed by atoms with Gasteiger partial charge in [0.2, 0.25) is 5.91 Å². The molecule has 0 saturated carbocycles. The largest absolute Gasteiger partial charge is 0.465 e. The molecule has 104 valence electrons. The monoisotopic (exact) mass is 283 g/mol. The van der Waals surface area contributed by atoms with Crippen LogP contribution in [0.25, 0.3) is 0 Å². The molecular weight excluding hydrogens is 266 g/mol. The number of methoxy groups -OCH3 is 1. The Morgan fingerprint density at radius 3 is 2.95 bits per heavy atom. The number of nitrogens with one attached hydrogen (secondary N) is 1. The molecular formula is C12H17N3O3S. The molecule has 2 heterocycles. The number of nitrogen functional groups attached to an aromatic ring is 1. The molecule has 0 spiro atoms. The van der Waals surface area contributed by atoms with Crippen LogP contribution in [0.3, 0.4) is 0 Å². The molecule has 1 fully saturated rings. The van der Waals surface area contributed by atoms with Gasteiger partial charge in [0.1, 0.15) is 4.88 Å². The van der Waals surface area contributed by atoms with Crippen LogP contribution >= 0.6 is 11.3 Å². The summed E-state index contributed by atoms with van der Waals surface area (Å²) in [7, 11) is 1.34. The molecule has 1 aliphatic rings. The van der Waals surface area contributed by atoms with E-state index < -0.39 is 5.97 Å². The zero-order valence-electron chi connectivity index (χ0n) is 10.9. The molecule has 0 aliphatic carbocycles. The summed E-state index contributed by atoms with van der Waals surface area (Å²) in [6, 6.07) is 1.94. The lowest BCUT2D eigenvalue weighted by Crippen LogP contribution is -2.35. The summed E-state index contributed by atoms with van der Waals surface area (Å²) in [6.07, 6.45) is 0.894. The quantitative estimate of drug-likeness (QED) is 0.803. The smallest absolute Gasteiger partial charge is 0.350 e. The first-order chi connectivity index (χ1) is 9.01. The fourth-order valence-electron chi connectivity index (χ4n) is 2.17. The maximum Gasteiger partial charge on any atom is 0.350 e. The number of hydrogen-bond donors (Lipinski definition) is 2. The molecule has 1 aromatic rings.